The van der Waals surface area contributed by atoms with Crippen LogP contribution < -0.4 is 0 Å². The van der Waals surface area contributed by atoms with Gasteiger partial charge in [-0.1, -0.05) is 36.3 Å². The fourth-order valence-corrected chi connectivity index (χ4v) is 3.43. The van der Waals surface area contributed by atoms with E-state index in [1.54, 1.807) is 0 Å². The first kappa shape index (κ1) is 22.3. The quantitative estimate of drug-likeness (QED) is 0.211. The van der Waals surface area contributed by atoms with Crippen molar-refractivity contribution in [3.05, 3.63) is 95.3 Å². The second-order valence-electron chi connectivity index (χ2n) is 7.03. The van der Waals surface area contributed by atoms with Gasteiger partial charge in [0.05, 0.1) is 11.1 Å². The predicted molar refractivity (Wildman–Crippen MR) is 108 cm³/mol. The molecule has 0 fully saturated rings. The van der Waals surface area contributed by atoms with E-state index in [0.29, 0.717) is 0 Å². The Hall–Kier alpha value is -3.86. The molecule has 0 saturated carbocycles. The highest BCUT2D eigenvalue weighted by Crippen LogP contribution is 2.34. The van der Waals surface area contributed by atoms with Crippen LogP contribution >= 0.6 is 0 Å². The molecule has 0 spiro atoms. The van der Waals surface area contributed by atoms with Gasteiger partial charge in [-0.2, -0.15) is 13.2 Å². The summed E-state index contributed by atoms with van der Waals surface area (Å²) in [4.78, 5) is 0. The maximum atomic E-state index is 14.8. The van der Waals surface area contributed by atoms with E-state index in [1.165, 1.54) is 24.1 Å². The molecular formula is C25H10F8. The number of alkyl halides is 3. The molecule has 4 aromatic rings. The molecule has 4 rings (SSSR count). The maximum Gasteiger partial charge on any atom is 0.458 e. The van der Waals surface area contributed by atoms with Crippen molar-refractivity contribution >= 4 is 10.8 Å². The van der Waals surface area contributed by atoms with Gasteiger partial charge in [0.25, 0.3) is 0 Å². The van der Waals surface area contributed by atoms with Gasteiger partial charge in [-0.15, -0.1) is 0 Å². The monoisotopic (exact) mass is 462 g/mol. The van der Waals surface area contributed by atoms with Crippen molar-refractivity contribution < 1.29 is 35.1 Å². The second kappa shape index (κ2) is 8.24. The molecule has 0 saturated heterocycles. The molecule has 0 nitrogen and oxygen atoms in total. The number of hydrogen-bond acceptors (Lipinski definition) is 0. The summed E-state index contributed by atoms with van der Waals surface area (Å²) in [6.45, 7) is 0. The summed E-state index contributed by atoms with van der Waals surface area (Å²) in [6, 6.07) is 11.3. The number of benzene rings is 4. The molecule has 0 aliphatic carbocycles. The Morgan fingerprint density at radius 3 is 1.94 bits per heavy atom. The lowest BCUT2D eigenvalue weighted by molar-refractivity contribution is -0.0696. The molecule has 0 unspecified atom stereocenters. The summed E-state index contributed by atoms with van der Waals surface area (Å²) in [5, 5.41) is -0.424. The van der Waals surface area contributed by atoms with Crippen LogP contribution in [0.4, 0.5) is 35.1 Å². The van der Waals surface area contributed by atoms with E-state index in [-0.39, 0.29) is 27.5 Å². The lowest BCUT2D eigenvalue weighted by Crippen LogP contribution is -2.02. The normalized spacial score (nSPS) is 11.4. The Kier molecular flexibility index (Phi) is 5.58. The van der Waals surface area contributed by atoms with Gasteiger partial charge in [-0.05, 0) is 46.8 Å². The van der Waals surface area contributed by atoms with Gasteiger partial charge in [0.15, 0.2) is 0 Å². The average Bonchev–Trinajstić information content (AvgIpc) is 2.72. The van der Waals surface area contributed by atoms with E-state index in [1.807, 2.05) is 0 Å². The summed E-state index contributed by atoms with van der Waals surface area (Å²) in [7, 11) is 0. The van der Waals surface area contributed by atoms with Gasteiger partial charge in [0.1, 0.15) is 29.1 Å². The topological polar surface area (TPSA) is 0 Å². The van der Waals surface area contributed by atoms with E-state index < -0.39 is 46.4 Å². The molecule has 0 radical (unpaired) electrons. The molecular weight excluding hydrogens is 452 g/mol. The number of rotatable bonds is 2. The molecule has 0 aromatic heterocycles. The van der Waals surface area contributed by atoms with Crippen molar-refractivity contribution in [1.82, 2.24) is 0 Å². The lowest BCUT2D eigenvalue weighted by atomic mass is 9.96. The van der Waals surface area contributed by atoms with E-state index in [4.69, 9.17) is 0 Å². The van der Waals surface area contributed by atoms with Crippen molar-refractivity contribution in [2.45, 2.75) is 6.18 Å². The smallest absolute Gasteiger partial charge is 0.206 e. The molecule has 4 aromatic carbocycles. The van der Waals surface area contributed by atoms with Crippen molar-refractivity contribution in [3.8, 4) is 34.1 Å². The minimum Gasteiger partial charge on any atom is -0.206 e. The SMILES string of the molecule is Fc1ccccc1-c1cc(F)c(-c2ccc3c(F)c(C#CC(F)(F)F)c(F)cc3c2)c(F)c1. The van der Waals surface area contributed by atoms with Crippen LogP contribution in [0.5, 0.6) is 0 Å². The van der Waals surface area contributed by atoms with Gasteiger partial charge < -0.3 is 0 Å². The third-order valence-corrected chi connectivity index (χ3v) is 4.87. The lowest BCUT2D eigenvalue weighted by Gasteiger charge is -2.11. The Morgan fingerprint density at radius 1 is 0.636 bits per heavy atom. The van der Waals surface area contributed by atoms with E-state index in [9.17, 15) is 35.1 Å². The molecule has 0 N–H and O–H groups in total. The molecule has 0 aliphatic rings. The first-order valence-corrected chi connectivity index (χ1v) is 9.31. The van der Waals surface area contributed by atoms with Crippen LogP contribution in [0.15, 0.2) is 60.7 Å². The Balaban J connectivity index is 1.83. The predicted octanol–water partition coefficient (Wildman–Crippen LogP) is 7.78. The number of hydrogen-bond donors (Lipinski definition) is 0. The average molecular weight is 462 g/mol. The van der Waals surface area contributed by atoms with Crippen molar-refractivity contribution in [1.29, 1.82) is 0 Å². The summed E-state index contributed by atoms with van der Waals surface area (Å²) >= 11 is 0. The fourth-order valence-electron chi connectivity index (χ4n) is 3.43. The Labute approximate surface area is 182 Å². The van der Waals surface area contributed by atoms with Gasteiger partial charge >= 0.3 is 6.18 Å². The van der Waals surface area contributed by atoms with E-state index in [2.05, 4.69) is 0 Å². The summed E-state index contributed by atoms with van der Waals surface area (Å²) < 4.78 is 109. The third kappa shape index (κ3) is 4.40. The second-order valence-corrected chi connectivity index (χ2v) is 7.03. The van der Waals surface area contributed by atoms with Gasteiger partial charge in [-0.3, -0.25) is 0 Å². The van der Waals surface area contributed by atoms with E-state index in [0.717, 1.165) is 48.4 Å². The molecule has 0 heterocycles. The molecule has 0 amide bonds. The van der Waals surface area contributed by atoms with Crippen LogP contribution in [0.2, 0.25) is 0 Å². The fraction of sp³-hybridized carbons (Fsp3) is 0.0400. The number of fused-ring (bicyclic) bond motifs is 1. The van der Waals surface area contributed by atoms with E-state index >= 15 is 0 Å². The number of halogens is 8. The Bertz CT molecular complexity index is 1430. The zero-order chi connectivity index (χ0) is 23.9. The van der Waals surface area contributed by atoms with Crippen LogP contribution in [0.1, 0.15) is 5.56 Å². The maximum absolute atomic E-state index is 14.8. The first-order chi connectivity index (χ1) is 15.5. The van der Waals surface area contributed by atoms with Crippen molar-refractivity contribution in [2.24, 2.45) is 0 Å². The molecule has 0 bridgehead atoms. The summed E-state index contributed by atoms with van der Waals surface area (Å²) in [5.74, 6) is -3.21. The van der Waals surface area contributed by atoms with Crippen LogP contribution in [-0.2, 0) is 0 Å². The molecule has 0 atom stereocenters. The van der Waals surface area contributed by atoms with Gasteiger partial charge in [0, 0.05) is 16.9 Å². The van der Waals surface area contributed by atoms with Gasteiger partial charge in [0.2, 0.25) is 0 Å². The molecule has 33 heavy (non-hydrogen) atoms. The highest BCUT2D eigenvalue weighted by molar-refractivity contribution is 5.89. The Morgan fingerprint density at radius 2 is 1.30 bits per heavy atom. The van der Waals surface area contributed by atoms with Crippen LogP contribution in [0, 0.1) is 40.9 Å². The highest BCUT2D eigenvalue weighted by atomic mass is 19.4. The first-order valence-electron chi connectivity index (χ1n) is 9.31. The standard InChI is InChI=1S/C25H10F8/c26-19-4-2-1-3-16(19)15-11-21(28)23(22(29)12-15)13-5-6-17-14(9-13)10-20(27)18(24(17)30)7-8-25(31,32)33/h1-6,9-12H. The largest absolute Gasteiger partial charge is 0.458 e. The highest BCUT2D eigenvalue weighted by Gasteiger charge is 2.24. The van der Waals surface area contributed by atoms with Crippen LogP contribution in [0.3, 0.4) is 0 Å². The zero-order valence-electron chi connectivity index (χ0n) is 16.3. The van der Waals surface area contributed by atoms with Crippen LogP contribution in [0.25, 0.3) is 33.0 Å². The van der Waals surface area contributed by atoms with Crippen LogP contribution in [-0.4, -0.2) is 6.18 Å². The van der Waals surface area contributed by atoms with Crippen molar-refractivity contribution in [3.63, 3.8) is 0 Å². The zero-order valence-corrected chi connectivity index (χ0v) is 16.3. The third-order valence-electron chi connectivity index (χ3n) is 4.87. The van der Waals surface area contributed by atoms with Crippen molar-refractivity contribution in [2.75, 3.05) is 0 Å². The molecule has 8 heteroatoms. The summed E-state index contributed by atoms with van der Waals surface area (Å²) in [5.41, 5.74) is -1.72. The summed E-state index contributed by atoms with van der Waals surface area (Å²) in [6.07, 6.45) is -4.94. The molecule has 0 aliphatic heterocycles. The molecule has 166 valence electrons. The minimum atomic E-state index is -4.94. The van der Waals surface area contributed by atoms with Gasteiger partial charge in [-0.25, -0.2) is 22.0 Å². The minimum absolute atomic E-state index is 0.0167.